The van der Waals surface area contributed by atoms with Crippen molar-refractivity contribution in [2.24, 2.45) is 10.8 Å². The van der Waals surface area contributed by atoms with Crippen LogP contribution in [0.25, 0.3) is 0 Å². The fourth-order valence-corrected chi connectivity index (χ4v) is 6.50. The quantitative estimate of drug-likeness (QED) is 0.711. The fourth-order valence-electron chi connectivity index (χ4n) is 6.50. The van der Waals surface area contributed by atoms with E-state index < -0.39 is 12.0 Å². The molecular formula is C23H27F3N8O. The number of amides is 2. The molecule has 9 nitrogen and oxygen atoms in total. The van der Waals surface area contributed by atoms with Gasteiger partial charge in [-0.25, -0.2) is 14.8 Å². The highest BCUT2D eigenvalue weighted by Gasteiger charge is 2.58. The zero-order valence-corrected chi connectivity index (χ0v) is 19.3. The molecule has 0 unspecified atom stereocenters. The molecule has 5 aliphatic rings. The number of aromatic nitrogens is 5. The molecule has 12 heteroatoms. The molecule has 0 radical (unpaired) electrons. The summed E-state index contributed by atoms with van der Waals surface area (Å²) >= 11 is 0. The van der Waals surface area contributed by atoms with E-state index in [1.54, 1.807) is 0 Å². The molecule has 5 fully saturated rings. The van der Waals surface area contributed by atoms with Crippen LogP contribution in [0.2, 0.25) is 0 Å². The molecule has 0 bridgehead atoms. The summed E-state index contributed by atoms with van der Waals surface area (Å²) in [6.07, 6.45) is 2.54. The topological polar surface area (TPSA) is 94.1 Å². The maximum absolute atomic E-state index is 12.9. The third kappa shape index (κ3) is 3.68. The molecule has 186 valence electrons. The predicted molar refractivity (Wildman–Crippen MR) is 116 cm³/mol. The molecule has 3 aliphatic heterocycles. The van der Waals surface area contributed by atoms with Crippen molar-refractivity contribution in [2.75, 3.05) is 39.3 Å². The minimum absolute atomic E-state index is 0.123. The summed E-state index contributed by atoms with van der Waals surface area (Å²) in [6.45, 7) is 5.36. The number of H-pyrrole nitrogens is 1. The van der Waals surface area contributed by atoms with Gasteiger partial charge in [-0.1, -0.05) is 0 Å². The lowest BCUT2D eigenvalue weighted by Crippen LogP contribution is -2.75. The zero-order valence-electron chi connectivity index (χ0n) is 19.3. The van der Waals surface area contributed by atoms with Crippen LogP contribution in [0.1, 0.15) is 60.6 Å². The van der Waals surface area contributed by atoms with Crippen molar-refractivity contribution in [1.29, 1.82) is 0 Å². The van der Waals surface area contributed by atoms with Crippen molar-refractivity contribution in [2.45, 2.75) is 50.2 Å². The number of halogens is 3. The van der Waals surface area contributed by atoms with Gasteiger partial charge < -0.3 is 14.8 Å². The molecule has 1 N–H and O–H groups in total. The summed E-state index contributed by atoms with van der Waals surface area (Å²) in [4.78, 5) is 29.2. The molecule has 0 atom stereocenters. The van der Waals surface area contributed by atoms with Gasteiger partial charge in [-0.3, -0.25) is 4.90 Å². The fraction of sp³-hybridized carbons (Fsp3) is 0.696. The zero-order chi connectivity index (χ0) is 24.0. The van der Waals surface area contributed by atoms with Crippen molar-refractivity contribution in [1.82, 2.24) is 39.8 Å². The van der Waals surface area contributed by atoms with Crippen LogP contribution in [0.4, 0.5) is 18.0 Å². The maximum Gasteiger partial charge on any atom is 0.451 e. The third-order valence-corrected chi connectivity index (χ3v) is 8.36. The molecule has 3 saturated heterocycles. The molecular weight excluding hydrogens is 461 g/mol. The van der Waals surface area contributed by atoms with Crippen LogP contribution in [0.15, 0.2) is 12.4 Å². The number of hydrogen-bond acceptors (Lipinski definition) is 6. The minimum Gasteiger partial charge on any atom is -0.328 e. The summed E-state index contributed by atoms with van der Waals surface area (Å²) in [5, 5.41) is 8.65. The van der Waals surface area contributed by atoms with E-state index in [0.717, 1.165) is 63.8 Å². The average molecular weight is 489 g/mol. The van der Waals surface area contributed by atoms with Gasteiger partial charge >= 0.3 is 12.2 Å². The van der Waals surface area contributed by atoms with Gasteiger partial charge in [0.05, 0.1) is 0 Å². The number of alkyl halides is 3. The van der Waals surface area contributed by atoms with Gasteiger partial charge in [-0.15, -0.1) is 10.2 Å². The number of likely N-dealkylation sites (tertiary alicyclic amines) is 3. The first kappa shape index (κ1) is 21.5. The predicted octanol–water partition coefficient (Wildman–Crippen LogP) is 2.61. The lowest BCUT2D eigenvalue weighted by atomic mass is 9.57. The Labute approximate surface area is 200 Å². The third-order valence-electron chi connectivity index (χ3n) is 8.36. The van der Waals surface area contributed by atoms with Crippen LogP contribution in [-0.2, 0) is 12.7 Å². The highest BCUT2D eigenvalue weighted by Crippen LogP contribution is 2.56. The van der Waals surface area contributed by atoms with Gasteiger partial charge in [-0.2, -0.15) is 13.2 Å². The Morgan fingerprint density at radius 1 is 0.914 bits per heavy atom. The van der Waals surface area contributed by atoms with E-state index in [1.165, 1.54) is 25.2 Å². The van der Waals surface area contributed by atoms with Gasteiger partial charge in [-0.05, 0) is 25.7 Å². The molecule has 7 rings (SSSR count). The number of urea groups is 1. The Morgan fingerprint density at radius 3 is 2.06 bits per heavy atom. The first-order valence-electron chi connectivity index (χ1n) is 12.3. The average Bonchev–Trinajstić information content (AvgIpc) is 3.44. The van der Waals surface area contributed by atoms with Crippen LogP contribution in [0, 0.1) is 10.8 Å². The first-order valence-corrected chi connectivity index (χ1v) is 12.3. The lowest BCUT2D eigenvalue weighted by molar-refractivity contribution is -0.145. The summed E-state index contributed by atoms with van der Waals surface area (Å²) < 4.78 is 37.8. The van der Waals surface area contributed by atoms with E-state index >= 15 is 0 Å². The first-order chi connectivity index (χ1) is 16.7. The van der Waals surface area contributed by atoms with Crippen molar-refractivity contribution in [3.8, 4) is 0 Å². The minimum atomic E-state index is -4.52. The lowest BCUT2D eigenvalue weighted by Gasteiger charge is -2.63. The smallest absolute Gasteiger partial charge is 0.328 e. The maximum atomic E-state index is 12.9. The summed E-state index contributed by atoms with van der Waals surface area (Å²) in [5.74, 6) is 1.98. The molecule has 0 aromatic carbocycles. The van der Waals surface area contributed by atoms with Gasteiger partial charge in [0.1, 0.15) is 11.6 Å². The van der Waals surface area contributed by atoms with Crippen LogP contribution < -0.4 is 0 Å². The van der Waals surface area contributed by atoms with Crippen molar-refractivity contribution in [3.05, 3.63) is 35.4 Å². The largest absolute Gasteiger partial charge is 0.451 e. The van der Waals surface area contributed by atoms with Gasteiger partial charge in [0.15, 0.2) is 0 Å². The second kappa shape index (κ2) is 7.14. The summed E-state index contributed by atoms with van der Waals surface area (Å²) in [6, 6.07) is 0.134. The number of nitrogens with zero attached hydrogens (tertiary/aromatic N) is 7. The summed E-state index contributed by atoms with van der Waals surface area (Å²) in [7, 11) is 0. The number of nitrogens with one attached hydrogen (secondary N) is 1. The van der Waals surface area contributed by atoms with E-state index in [-0.39, 0.29) is 16.9 Å². The van der Waals surface area contributed by atoms with E-state index in [1.807, 2.05) is 9.80 Å². The van der Waals surface area contributed by atoms with Crippen LogP contribution in [0.3, 0.4) is 0 Å². The Bertz CT molecular complexity index is 1130. The SMILES string of the molecule is O=C(N1CC2(CC(c3nnc(C4CC4)[nH]3)C2)C1)N1CC2(CN(Cc3cnc(C(F)(F)F)nc3)C2)C1. The molecule has 2 aliphatic carbocycles. The Balaban J connectivity index is 0.840. The molecule has 2 amide bonds. The van der Waals surface area contributed by atoms with Gasteiger partial charge in [0.25, 0.3) is 0 Å². The number of carbonyl (C=O) groups is 1. The number of hydrogen-bond donors (Lipinski definition) is 1. The van der Waals surface area contributed by atoms with Gasteiger partial charge in [0.2, 0.25) is 5.82 Å². The molecule has 2 aromatic heterocycles. The van der Waals surface area contributed by atoms with Gasteiger partial charge in [0, 0.05) is 86.4 Å². The second-order valence-corrected chi connectivity index (χ2v) is 11.5. The second-order valence-electron chi connectivity index (χ2n) is 11.5. The molecule has 35 heavy (non-hydrogen) atoms. The Hall–Kier alpha value is -2.76. The van der Waals surface area contributed by atoms with E-state index in [4.69, 9.17) is 0 Å². The van der Waals surface area contributed by atoms with Crippen molar-refractivity contribution < 1.29 is 18.0 Å². The van der Waals surface area contributed by atoms with E-state index in [0.29, 0.717) is 23.9 Å². The van der Waals surface area contributed by atoms with E-state index in [9.17, 15) is 18.0 Å². The van der Waals surface area contributed by atoms with Crippen LogP contribution >= 0.6 is 0 Å². The summed E-state index contributed by atoms with van der Waals surface area (Å²) in [5.41, 5.74) is 1.05. The number of aromatic amines is 1. The molecule has 2 spiro atoms. The Morgan fingerprint density at radius 2 is 1.49 bits per heavy atom. The highest BCUT2D eigenvalue weighted by molar-refractivity contribution is 5.77. The Kier molecular flexibility index (Phi) is 4.39. The van der Waals surface area contributed by atoms with Crippen LogP contribution in [-0.4, -0.2) is 85.1 Å². The molecule has 2 aromatic rings. The van der Waals surface area contributed by atoms with Crippen molar-refractivity contribution in [3.63, 3.8) is 0 Å². The van der Waals surface area contributed by atoms with E-state index in [2.05, 4.69) is 30.0 Å². The molecule has 5 heterocycles. The molecule has 2 saturated carbocycles. The standard InChI is InChI=1S/C23H27F3N8O/c24-23(25,26)19-27-5-14(6-28-19)7-32-8-22(9-32)12-34(13-22)20(35)33-10-21(11-33)3-16(4-21)18-29-17(30-31-18)15-1-2-15/h5-6,15-16H,1-4,7-13H2,(H,29,30,31). The number of carbonyl (C=O) groups excluding carboxylic acids is 1. The monoisotopic (exact) mass is 488 g/mol. The number of rotatable bonds is 4. The van der Waals surface area contributed by atoms with Crippen LogP contribution in [0.5, 0.6) is 0 Å². The highest BCUT2D eigenvalue weighted by atomic mass is 19.4. The van der Waals surface area contributed by atoms with Crippen molar-refractivity contribution >= 4 is 6.03 Å². The normalized spacial score (nSPS) is 25.2.